The third-order valence-corrected chi connectivity index (χ3v) is 4.75. The Labute approximate surface area is 188 Å². The fourth-order valence-corrected chi connectivity index (χ4v) is 2.62. The zero-order chi connectivity index (χ0) is 25.0. The van der Waals surface area contributed by atoms with Crippen molar-refractivity contribution in [2.75, 3.05) is 0 Å². The molecule has 2 aromatic rings. The maximum absolute atomic E-state index is 13.9. The highest BCUT2D eigenvalue weighted by atomic mass is 19.3. The van der Waals surface area contributed by atoms with Gasteiger partial charge in [0, 0.05) is 11.1 Å². The molecule has 0 saturated carbocycles. The van der Waals surface area contributed by atoms with Gasteiger partial charge in [0.25, 0.3) is 18.2 Å². The molecule has 0 aliphatic rings. The average Bonchev–Trinajstić information content (AvgIpc) is 2.75. The first kappa shape index (κ1) is 25.9. The van der Waals surface area contributed by atoms with Crippen LogP contribution in [0.5, 0.6) is 0 Å². The Bertz CT molecular complexity index is 1020. The Morgan fingerprint density at radius 1 is 0.970 bits per heavy atom. The predicted molar refractivity (Wildman–Crippen MR) is 113 cm³/mol. The van der Waals surface area contributed by atoms with Gasteiger partial charge in [-0.1, -0.05) is 30.3 Å². The van der Waals surface area contributed by atoms with Gasteiger partial charge in [0.1, 0.15) is 11.9 Å². The molecule has 0 bridgehead atoms. The lowest BCUT2D eigenvalue weighted by atomic mass is 9.95. The highest BCUT2D eigenvalue weighted by molar-refractivity contribution is 5.98. The van der Waals surface area contributed by atoms with Crippen molar-refractivity contribution in [1.29, 1.82) is 0 Å². The number of amides is 2. The summed E-state index contributed by atoms with van der Waals surface area (Å²) in [5, 5.41) is 12.2. The number of nitrogens with one attached hydrogen (secondary N) is 2. The van der Waals surface area contributed by atoms with Crippen molar-refractivity contribution >= 4 is 17.8 Å². The van der Waals surface area contributed by atoms with E-state index in [1.807, 2.05) is 5.32 Å². The second-order valence-electron chi connectivity index (χ2n) is 8.60. The van der Waals surface area contributed by atoms with E-state index in [0.29, 0.717) is 18.1 Å². The lowest BCUT2D eigenvalue weighted by Gasteiger charge is -2.31. The van der Waals surface area contributed by atoms with Crippen LogP contribution in [-0.2, 0) is 14.4 Å². The van der Waals surface area contributed by atoms with Crippen LogP contribution in [0.25, 0.3) is 11.1 Å². The van der Waals surface area contributed by atoms with Crippen molar-refractivity contribution in [3.8, 4) is 11.1 Å². The van der Waals surface area contributed by atoms with Gasteiger partial charge in [-0.3, -0.25) is 9.59 Å². The van der Waals surface area contributed by atoms with Gasteiger partial charge in [0.05, 0.1) is 5.41 Å². The lowest BCUT2D eigenvalue weighted by Crippen LogP contribution is -2.62. The van der Waals surface area contributed by atoms with E-state index in [2.05, 4.69) is 4.84 Å². The van der Waals surface area contributed by atoms with Crippen LogP contribution in [0.1, 0.15) is 38.1 Å². The molecule has 3 N–H and O–H groups in total. The van der Waals surface area contributed by atoms with Crippen molar-refractivity contribution < 1.29 is 37.5 Å². The van der Waals surface area contributed by atoms with Gasteiger partial charge in [0.15, 0.2) is 5.60 Å². The summed E-state index contributed by atoms with van der Waals surface area (Å²) in [4.78, 5) is 41.5. The number of hydrogen-bond donors (Lipinski definition) is 3. The van der Waals surface area contributed by atoms with Crippen LogP contribution in [0.15, 0.2) is 48.5 Å². The largest absolute Gasteiger partial charge is 0.381 e. The minimum absolute atomic E-state index is 0.0374. The average molecular weight is 466 g/mol. The predicted octanol–water partition coefficient (Wildman–Crippen LogP) is 3.23. The normalized spacial score (nSPS) is 14.2. The fourth-order valence-electron chi connectivity index (χ4n) is 2.62. The Hall–Kier alpha value is -3.40. The Morgan fingerprint density at radius 2 is 1.55 bits per heavy atom. The first-order valence-electron chi connectivity index (χ1n) is 9.92. The van der Waals surface area contributed by atoms with E-state index in [1.54, 1.807) is 17.6 Å². The van der Waals surface area contributed by atoms with Crippen molar-refractivity contribution in [1.82, 2.24) is 10.8 Å². The summed E-state index contributed by atoms with van der Waals surface area (Å²) in [6.07, 6.45) is -3.42. The third-order valence-electron chi connectivity index (χ3n) is 4.75. The van der Waals surface area contributed by atoms with E-state index in [-0.39, 0.29) is 5.56 Å². The molecule has 0 radical (unpaired) electrons. The van der Waals surface area contributed by atoms with E-state index in [4.69, 9.17) is 0 Å². The van der Waals surface area contributed by atoms with Crippen LogP contribution in [0.2, 0.25) is 0 Å². The number of carbonyl (C=O) groups excluding carboxylic acids is 3. The minimum Gasteiger partial charge on any atom is -0.381 e. The number of rotatable bonds is 6. The van der Waals surface area contributed by atoms with Gasteiger partial charge < -0.3 is 15.3 Å². The van der Waals surface area contributed by atoms with Gasteiger partial charge in [-0.25, -0.2) is 18.0 Å². The van der Waals surface area contributed by atoms with E-state index < -0.39 is 47.1 Å². The molecule has 33 heavy (non-hydrogen) atoms. The molecule has 0 spiro atoms. The van der Waals surface area contributed by atoms with Crippen LogP contribution >= 0.6 is 0 Å². The van der Waals surface area contributed by atoms with Crippen LogP contribution in [0, 0.1) is 11.2 Å². The van der Waals surface area contributed by atoms with Gasteiger partial charge in [-0.15, -0.1) is 0 Å². The number of aliphatic hydroxyl groups is 1. The molecule has 0 fully saturated rings. The SMILES string of the molecule is CC(C)(C)C(=O)ONC(=O)C(NC(=O)c1ccc(-c2ccccc2F)cc1)C(C)(O)C(F)F. The van der Waals surface area contributed by atoms with E-state index in [0.717, 1.165) is 0 Å². The van der Waals surface area contributed by atoms with Crippen LogP contribution in [-0.4, -0.2) is 41.0 Å². The number of hydroxylamine groups is 1. The topological polar surface area (TPSA) is 105 Å². The molecule has 0 heterocycles. The summed E-state index contributed by atoms with van der Waals surface area (Å²) >= 11 is 0. The van der Waals surface area contributed by atoms with Crippen molar-refractivity contribution in [3.05, 3.63) is 59.9 Å². The molecule has 7 nitrogen and oxygen atoms in total. The minimum atomic E-state index is -3.42. The summed E-state index contributed by atoms with van der Waals surface area (Å²) in [5.41, 5.74) is -1.56. The zero-order valence-corrected chi connectivity index (χ0v) is 18.5. The van der Waals surface area contributed by atoms with E-state index in [9.17, 15) is 32.7 Å². The monoisotopic (exact) mass is 466 g/mol. The van der Waals surface area contributed by atoms with Gasteiger partial charge >= 0.3 is 5.97 Å². The van der Waals surface area contributed by atoms with Crippen LogP contribution < -0.4 is 10.8 Å². The second kappa shape index (κ2) is 10.0. The van der Waals surface area contributed by atoms with E-state index >= 15 is 0 Å². The number of benzene rings is 2. The van der Waals surface area contributed by atoms with Crippen molar-refractivity contribution in [2.45, 2.75) is 45.8 Å². The maximum atomic E-state index is 13.9. The molecule has 0 saturated heterocycles. The summed E-state index contributed by atoms with van der Waals surface area (Å²) < 4.78 is 40.8. The van der Waals surface area contributed by atoms with E-state index in [1.165, 1.54) is 57.2 Å². The number of hydrogen-bond acceptors (Lipinski definition) is 5. The molecule has 0 aliphatic heterocycles. The fraction of sp³-hybridized carbons (Fsp3) is 0.348. The number of alkyl halides is 2. The first-order chi connectivity index (χ1) is 15.2. The summed E-state index contributed by atoms with van der Waals surface area (Å²) in [7, 11) is 0. The molecule has 2 aromatic carbocycles. The summed E-state index contributed by atoms with van der Waals surface area (Å²) in [5.74, 6) is -3.64. The van der Waals surface area contributed by atoms with Gasteiger partial charge in [-0.2, -0.15) is 5.48 Å². The van der Waals surface area contributed by atoms with Crippen molar-refractivity contribution in [3.63, 3.8) is 0 Å². The smallest absolute Gasteiger partial charge is 0.337 e. The zero-order valence-electron chi connectivity index (χ0n) is 18.5. The molecule has 0 aromatic heterocycles. The molecule has 2 amide bonds. The molecule has 0 aliphatic carbocycles. The number of halogens is 3. The van der Waals surface area contributed by atoms with Crippen LogP contribution in [0.4, 0.5) is 13.2 Å². The first-order valence-corrected chi connectivity index (χ1v) is 9.92. The standard InChI is InChI=1S/C23H25F3N2O5/c1-22(2,3)21(31)33-28-19(30)17(23(4,32)20(25)26)27-18(29)14-11-9-13(10-12-14)15-7-5-6-8-16(15)24/h5-12,17,20,32H,1-4H3,(H,27,29)(H,28,30). The van der Waals surface area contributed by atoms with Crippen molar-refractivity contribution in [2.24, 2.45) is 5.41 Å². The molecule has 2 rings (SSSR count). The lowest BCUT2D eigenvalue weighted by molar-refractivity contribution is -0.171. The molecular weight excluding hydrogens is 441 g/mol. The highest BCUT2D eigenvalue weighted by Crippen LogP contribution is 2.24. The quantitative estimate of drug-likeness (QED) is 0.567. The molecule has 2 atom stereocenters. The highest BCUT2D eigenvalue weighted by Gasteiger charge is 2.46. The third kappa shape index (κ3) is 6.32. The van der Waals surface area contributed by atoms with Gasteiger partial charge in [0.2, 0.25) is 0 Å². The maximum Gasteiger partial charge on any atom is 0.337 e. The molecular formula is C23H25F3N2O5. The molecule has 2 unspecified atom stereocenters. The summed E-state index contributed by atoms with van der Waals surface area (Å²) in [6.45, 7) is 5.16. The van der Waals surface area contributed by atoms with Gasteiger partial charge in [-0.05, 0) is 51.5 Å². The molecule has 178 valence electrons. The Balaban J connectivity index is 2.21. The Morgan fingerprint density at radius 3 is 2.06 bits per heavy atom. The Kier molecular flexibility index (Phi) is 7.86. The molecule has 10 heteroatoms. The second-order valence-corrected chi connectivity index (χ2v) is 8.60. The number of carbonyl (C=O) groups is 3. The van der Waals surface area contributed by atoms with Crippen LogP contribution in [0.3, 0.4) is 0 Å². The summed E-state index contributed by atoms with van der Waals surface area (Å²) in [6, 6.07) is 9.33.